The maximum absolute atomic E-state index is 11.2. The van der Waals surface area contributed by atoms with Crippen LogP contribution in [0.4, 0.5) is 0 Å². The van der Waals surface area contributed by atoms with E-state index in [1.165, 1.54) is 0 Å². The van der Waals surface area contributed by atoms with Gasteiger partial charge in [-0.3, -0.25) is 4.79 Å². The summed E-state index contributed by atoms with van der Waals surface area (Å²) in [5, 5.41) is 20.9. The van der Waals surface area contributed by atoms with E-state index >= 15 is 0 Å². The van der Waals surface area contributed by atoms with Crippen LogP contribution < -0.4 is 0 Å². The lowest BCUT2D eigenvalue weighted by Gasteiger charge is -2.21. The molecule has 0 spiro atoms. The van der Waals surface area contributed by atoms with Gasteiger partial charge >= 0.3 is 5.97 Å². The number of tetrazole rings is 1. The number of carbonyl (C=O) groups is 1. The van der Waals surface area contributed by atoms with Gasteiger partial charge in [0.25, 0.3) is 0 Å². The number of aliphatic carboxylic acids is 1. The second-order valence-electron chi connectivity index (χ2n) is 5.63. The maximum Gasteiger partial charge on any atom is 0.310 e. The molecule has 1 aromatic rings. The van der Waals surface area contributed by atoms with Crippen LogP contribution in [-0.4, -0.2) is 31.3 Å². The molecule has 1 heterocycles. The summed E-state index contributed by atoms with van der Waals surface area (Å²) in [5.41, 5.74) is -0.868. The van der Waals surface area contributed by atoms with E-state index in [1.54, 1.807) is 18.5 Å². The predicted molar refractivity (Wildman–Crippen MR) is 71.8 cm³/mol. The minimum atomic E-state index is -0.868. The Morgan fingerprint density at radius 1 is 1.42 bits per heavy atom. The van der Waals surface area contributed by atoms with Gasteiger partial charge in [-0.25, -0.2) is 4.68 Å². The zero-order valence-electron chi connectivity index (χ0n) is 12.3. The van der Waals surface area contributed by atoms with Crippen LogP contribution in [0, 0.1) is 5.41 Å². The zero-order valence-corrected chi connectivity index (χ0v) is 12.3. The Balaban J connectivity index is 2.87. The minimum absolute atomic E-state index is 0.299. The first-order valence-corrected chi connectivity index (χ1v) is 6.91. The van der Waals surface area contributed by atoms with Gasteiger partial charge in [-0.05, 0) is 37.1 Å². The summed E-state index contributed by atoms with van der Waals surface area (Å²) in [5.74, 6) is 0.278. The molecule has 0 aromatic carbocycles. The Hall–Kier alpha value is -1.46. The third-order valence-electron chi connectivity index (χ3n) is 3.45. The van der Waals surface area contributed by atoms with E-state index in [0.29, 0.717) is 12.5 Å². The molecule has 0 amide bonds. The number of nitrogens with zero attached hydrogens (tertiary/aromatic N) is 4. The molecule has 0 radical (unpaired) electrons. The molecule has 0 aliphatic rings. The Labute approximate surface area is 114 Å². The number of hydrogen-bond donors (Lipinski definition) is 1. The van der Waals surface area contributed by atoms with Gasteiger partial charge in [0.15, 0.2) is 5.82 Å². The molecule has 0 saturated carbocycles. The van der Waals surface area contributed by atoms with Crippen LogP contribution in [0.3, 0.4) is 0 Å². The van der Waals surface area contributed by atoms with Crippen molar-refractivity contribution in [1.29, 1.82) is 0 Å². The van der Waals surface area contributed by atoms with Crippen molar-refractivity contribution in [3.8, 4) is 0 Å². The number of unbranched alkanes of at least 4 members (excludes halogenated alkanes) is 1. The molecular formula is C13H24N4O2. The Morgan fingerprint density at radius 2 is 2.11 bits per heavy atom. The Morgan fingerprint density at radius 3 is 2.63 bits per heavy atom. The molecule has 6 nitrogen and oxygen atoms in total. The normalized spacial score (nSPS) is 13.5. The van der Waals surface area contributed by atoms with Crippen molar-refractivity contribution >= 4 is 5.97 Å². The van der Waals surface area contributed by atoms with Crippen molar-refractivity contribution < 1.29 is 9.90 Å². The predicted octanol–water partition coefficient (Wildman–Crippen LogP) is 2.47. The number of rotatable bonds is 8. The summed E-state index contributed by atoms with van der Waals surface area (Å²) < 4.78 is 1.65. The summed E-state index contributed by atoms with van der Waals surface area (Å²) in [7, 11) is 0. The van der Waals surface area contributed by atoms with Crippen LogP contribution in [-0.2, 0) is 11.3 Å². The first-order chi connectivity index (χ1) is 8.92. The molecule has 0 aliphatic carbocycles. The third kappa shape index (κ3) is 4.01. The Bertz CT molecular complexity index is 415. The standard InChI is InChI=1S/C13H24N4O2/c1-5-7-8-10(6-2)11-14-15-16-17(11)9-13(3,4)12(18)19/h10H,5-9H2,1-4H3,(H,18,19). The fourth-order valence-corrected chi connectivity index (χ4v) is 2.02. The molecule has 1 unspecified atom stereocenters. The molecular weight excluding hydrogens is 244 g/mol. The third-order valence-corrected chi connectivity index (χ3v) is 3.45. The number of hydrogen-bond acceptors (Lipinski definition) is 4. The fraction of sp³-hybridized carbons (Fsp3) is 0.846. The van der Waals surface area contributed by atoms with Crippen molar-refractivity contribution in [2.24, 2.45) is 5.41 Å². The highest BCUT2D eigenvalue weighted by Gasteiger charge is 2.30. The van der Waals surface area contributed by atoms with Crippen LogP contribution in [0.2, 0.25) is 0 Å². The Kier molecular flexibility index (Phi) is 5.44. The van der Waals surface area contributed by atoms with Gasteiger partial charge in [0.2, 0.25) is 0 Å². The van der Waals surface area contributed by atoms with Crippen molar-refractivity contribution in [1.82, 2.24) is 20.2 Å². The smallest absolute Gasteiger partial charge is 0.310 e. The van der Waals surface area contributed by atoms with E-state index in [-0.39, 0.29) is 0 Å². The molecule has 6 heteroatoms. The molecule has 1 N–H and O–H groups in total. The van der Waals surface area contributed by atoms with Gasteiger partial charge < -0.3 is 5.11 Å². The van der Waals surface area contributed by atoms with Crippen molar-refractivity contribution in [2.75, 3.05) is 0 Å². The first-order valence-electron chi connectivity index (χ1n) is 6.91. The van der Waals surface area contributed by atoms with Crippen molar-refractivity contribution in [3.63, 3.8) is 0 Å². The number of aromatic nitrogens is 4. The van der Waals surface area contributed by atoms with Gasteiger partial charge in [0.1, 0.15) is 0 Å². The van der Waals surface area contributed by atoms with Crippen molar-refractivity contribution in [3.05, 3.63) is 5.82 Å². The second-order valence-corrected chi connectivity index (χ2v) is 5.63. The zero-order chi connectivity index (χ0) is 14.5. The van der Waals surface area contributed by atoms with E-state index < -0.39 is 11.4 Å². The minimum Gasteiger partial charge on any atom is -0.481 e. The molecule has 1 aromatic heterocycles. The lowest BCUT2D eigenvalue weighted by Crippen LogP contribution is -2.30. The van der Waals surface area contributed by atoms with Gasteiger partial charge in [0, 0.05) is 5.92 Å². The lowest BCUT2D eigenvalue weighted by atomic mass is 9.93. The first kappa shape index (κ1) is 15.6. The van der Waals surface area contributed by atoms with E-state index in [4.69, 9.17) is 0 Å². The monoisotopic (exact) mass is 268 g/mol. The topological polar surface area (TPSA) is 80.9 Å². The highest BCUT2D eigenvalue weighted by atomic mass is 16.4. The second kappa shape index (κ2) is 6.63. The van der Waals surface area contributed by atoms with Gasteiger partial charge in [0.05, 0.1) is 12.0 Å². The molecule has 0 fully saturated rings. The molecule has 108 valence electrons. The summed E-state index contributed by atoms with van der Waals surface area (Å²) in [6.07, 6.45) is 4.28. The van der Waals surface area contributed by atoms with E-state index in [1.807, 2.05) is 0 Å². The van der Waals surface area contributed by atoms with Crippen LogP contribution in [0.5, 0.6) is 0 Å². The molecule has 0 aliphatic heterocycles. The van der Waals surface area contributed by atoms with Crippen LogP contribution >= 0.6 is 0 Å². The van der Waals surface area contributed by atoms with Crippen molar-refractivity contribution in [2.45, 2.75) is 65.8 Å². The summed E-state index contributed by atoms with van der Waals surface area (Å²) in [6.45, 7) is 7.94. The maximum atomic E-state index is 11.2. The van der Waals surface area contributed by atoms with E-state index in [9.17, 15) is 9.90 Å². The molecule has 0 saturated heterocycles. The summed E-state index contributed by atoms with van der Waals surface area (Å²) in [4.78, 5) is 11.2. The van der Waals surface area contributed by atoms with Crippen LogP contribution in [0.25, 0.3) is 0 Å². The fourth-order valence-electron chi connectivity index (χ4n) is 2.02. The average Bonchev–Trinajstić information content (AvgIpc) is 2.77. The molecule has 1 rings (SSSR count). The molecule has 1 atom stereocenters. The van der Waals surface area contributed by atoms with E-state index in [2.05, 4.69) is 29.4 Å². The van der Waals surface area contributed by atoms with Crippen LogP contribution in [0.15, 0.2) is 0 Å². The van der Waals surface area contributed by atoms with Gasteiger partial charge in [-0.15, -0.1) is 5.10 Å². The molecule has 0 bridgehead atoms. The average molecular weight is 268 g/mol. The summed E-state index contributed by atoms with van der Waals surface area (Å²) in [6, 6.07) is 0. The quantitative estimate of drug-likeness (QED) is 0.783. The lowest BCUT2D eigenvalue weighted by molar-refractivity contribution is -0.147. The highest BCUT2D eigenvalue weighted by molar-refractivity contribution is 5.73. The van der Waals surface area contributed by atoms with Gasteiger partial charge in [-0.1, -0.05) is 26.7 Å². The highest BCUT2D eigenvalue weighted by Crippen LogP contribution is 2.25. The summed E-state index contributed by atoms with van der Waals surface area (Å²) >= 11 is 0. The number of carboxylic acids is 1. The number of carboxylic acid groups (broad SMARTS) is 1. The van der Waals surface area contributed by atoms with Gasteiger partial charge in [-0.2, -0.15) is 0 Å². The van der Waals surface area contributed by atoms with E-state index in [0.717, 1.165) is 31.5 Å². The largest absolute Gasteiger partial charge is 0.481 e. The SMILES string of the molecule is CCCCC(CC)c1nnnn1CC(C)(C)C(=O)O. The molecule has 19 heavy (non-hydrogen) atoms. The van der Waals surface area contributed by atoms with Crippen LogP contribution in [0.1, 0.15) is 65.1 Å².